The molecule has 1 aromatic rings. The van der Waals surface area contributed by atoms with Gasteiger partial charge in [-0.05, 0) is 37.0 Å². The number of rotatable bonds is 2. The Hall–Kier alpha value is -1.06. The number of hydrogen-bond acceptors (Lipinski definition) is 3. The maximum atomic E-state index is 10.7. The molecule has 2 aliphatic rings. The van der Waals surface area contributed by atoms with Crippen LogP contribution in [0.25, 0.3) is 0 Å². The van der Waals surface area contributed by atoms with Crippen LogP contribution in [0.5, 0.6) is 0 Å². The molecule has 1 saturated carbocycles. The van der Waals surface area contributed by atoms with E-state index < -0.39 is 0 Å². The topological polar surface area (TPSA) is 40.5 Å². The van der Waals surface area contributed by atoms with Crippen LogP contribution in [0.15, 0.2) is 18.2 Å². The van der Waals surface area contributed by atoms with Crippen molar-refractivity contribution in [2.45, 2.75) is 18.9 Å². The first kappa shape index (κ1) is 12.0. The van der Waals surface area contributed by atoms with Crippen molar-refractivity contribution in [3.63, 3.8) is 0 Å². The van der Waals surface area contributed by atoms with E-state index in [-0.39, 0.29) is 6.10 Å². The van der Waals surface area contributed by atoms with Crippen LogP contribution < -0.4 is 4.90 Å². The Morgan fingerprint density at radius 2 is 2.17 bits per heavy atom. The smallest absolute Gasteiger partial charge is 0.150 e. The third-order valence-electron chi connectivity index (χ3n) is 4.27. The van der Waals surface area contributed by atoms with Gasteiger partial charge in [0, 0.05) is 24.6 Å². The lowest BCUT2D eigenvalue weighted by Crippen LogP contribution is -2.24. The van der Waals surface area contributed by atoms with E-state index in [9.17, 15) is 9.90 Å². The number of anilines is 1. The van der Waals surface area contributed by atoms with E-state index in [1.807, 2.05) is 6.07 Å². The Balaban J connectivity index is 1.82. The predicted molar refractivity (Wildman–Crippen MR) is 71.3 cm³/mol. The Labute approximate surface area is 111 Å². The molecule has 1 saturated heterocycles. The van der Waals surface area contributed by atoms with Gasteiger partial charge in [0.1, 0.15) is 6.29 Å². The number of hydrogen-bond donors (Lipinski definition) is 1. The average Bonchev–Trinajstić information content (AvgIpc) is 2.92. The first-order valence-electron chi connectivity index (χ1n) is 6.37. The van der Waals surface area contributed by atoms with Gasteiger partial charge in [-0.15, -0.1) is 0 Å². The normalized spacial score (nSPS) is 30.6. The Morgan fingerprint density at radius 1 is 1.33 bits per heavy atom. The van der Waals surface area contributed by atoms with Gasteiger partial charge in [0.25, 0.3) is 0 Å². The van der Waals surface area contributed by atoms with Crippen molar-refractivity contribution in [2.24, 2.45) is 11.8 Å². The minimum absolute atomic E-state index is 0.159. The lowest BCUT2D eigenvalue weighted by molar-refractivity contribution is 0.112. The number of carbonyl (C=O) groups is 1. The van der Waals surface area contributed by atoms with Crippen molar-refractivity contribution in [1.29, 1.82) is 0 Å². The largest absolute Gasteiger partial charge is 0.393 e. The van der Waals surface area contributed by atoms with Gasteiger partial charge in [-0.2, -0.15) is 0 Å². The van der Waals surface area contributed by atoms with Gasteiger partial charge in [-0.25, -0.2) is 0 Å². The highest BCUT2D eigenvalue weighted by atomic mass is 35.5. The van der Waals surface area contributed by atoms with E-state index in [0.29, 0.717) is 22.4 Å². The molecule has 3 unspecified atom stereocenters. The lowest BCUT2D eigenvalue weighted by Gasteiger charge is -2.21. The average molecular weight is 266 g/mol. The molecule has 3 nitrogen and oxygen atoms in total. The van der Waals surface area contributed by atoms with Crippen LogP contribution in [0.4, 0.5) is 5.69 Å². The first-order valence-corrected chi connectivity index (χ1v) is 6.74. The number of aldehydes is 1. The summed E-state index contributed by atoms with van der Waals surface area (Å²) in [6, 6.07) is 5.40. The van der Waals surface area contributed by atoms with Gasteiger partial charge < -0.3 is 10.0 Å². The summed E-state index contributed by atoms with van der Waals surface area (Å²) in [7, 11) is 0. The van der Waals surface area contributed by atoms with E-state index >= 15 is 0 Å². The van der Waals surface area contributed by atoms with E-state index in [2.05, 4.69) is 4.90 Å². The monoisotopic (exact) mass is 265 g/mol. The van der Waals surface area contributed by atoms with Crippen molar-refractivity contribution in [1.82, 2.24) is 0 Å². The minimum atomic E-state index is -0.159. The van der Waals surface area contributed by atoms with Gasteiger partial charge >= 0.3 is 0 Å². The molecule has 3 rings (SSSR count). The fourth-order valence-corrected chi connectivity index (χ4v) is 3.59. The highest BCUT2D eigenvalue weighted by molar-refractivity contribution is 6.33. The summed E-state index contributed by atoms with van der Waals surface area (Å²) in [6.45, 7) is 1.83. The van der Waals surface area contributed by atoms with Crippen molar-refractivity contribution in [3.8, 4) is 0 Å². The number of carbonyl (C=O) groups excluding carboxylic acids is 1. The molecule has 1 aromatic carbocycles. The highest BCUT2D eigenvalue weighted by Crippen LogP contribution is 2.41. The zero-order valence-corrected chi connectivity index (χ0v) is 10.8. The number of fused-ring (bicyclic) bond motifs is 1. The number of halogens is 1. The Bertz CT molecular complexity index is 477. The van der Waals surface area contributed by atoms with Gasteiger partial charge in [0.15, 0.2) is 0 Å². The van der Waals surface area contributed by atoms with E-state index in [0.717, 1.165) is 37.9 Å². The van der Waals surface area contributed by atoms with Crippen molar-refractivity contribution >= 4 is 23.6 Å². The van der Waals surface area contributed by atoms with Crippen molar-refractivity contribution in [3.05, 3.63) is 28.8 Å². The molecular weight excluding hydrogens is 250 g/mol. The molecule has 0 radical (unpaired) electrons. The SMILES string of the molecule is O=Cc1ccc(N2CC3CCC(O)C3C2)c(Cl)c1. The highest BCUT2D eigenvalue weighted by Gasteiger charge is 2.42. The molecule has 3 atom stereocenters. The number of benzene rings is 1. The molecule has 18 heavy (non-hydrogen) atoms. The fourth-order valence-electron chi connectivity index (χ4n) is 3.29. The second kappa shape index (κ2) is 4.56. The molecular formula is C14H16ClNO2. The summed E-state index contributed by atoms with van der Waals surface area (Å²) < 4.78 is 0. The van der Waals surface area contributed by atoms with E-state index in [1.54, 1.807) is 12.1 Å². The van der Waals surface area contributed by atoms with Gasteiger partial charge in [-0.1, -0.05) is 11.6 Å². The molecule has 1 aliphatic carbocycles. The standard InChI is InChI=1S/C14H16ClNO2/c15-12-5-9(8-17)1-3-13(12)16-6-10-2-4-14(18)11(10)7-16/h1,3,5,8,10-11,14,18H,2,4,6-7H2. The summed E-state index contributed by atoms with van der Waals surface area (Å²) in [5.74, 6) is 0.966. The van der Waals surface area contributed by atoms with E-state index in [1.165, 1.54) is 0 Å². The number of nitrogens with zero attached hydrogens (tertiary/aromatic N) is 1. The van der Waals surface area contributed by atoms with Crippen LogP contribution >= 0.6 is 11.6 Å². The number of aliphatic hydroxyl groups is 1. The third kappa shape index (κ3) is 1.91. The molecule has 0 aromatic heterocycles. The second-order valence-corrected chi connectivity index (χ2v) is 5.71. The van der Waals surface area contributed by atoms with Crippen LogP contribution in [-0.2, 0) is 0 Å². The van der Waals surface area contributed by atoms with Crippen LogP contribution in [0, 0.1) is 11.8 Å². The zero-order chi connectivity index (χ0) is 12.7. The summed E-state index contributed by atoms with van der Waals surface area (Å²) in [4.78, 5) is 12.9. The van der Waals surface area contributed by atoms with Gasteiger partial charge in [0.05, 0.1) is 16.8 Å². The summed E-state index contributed by atoms with van der Waals surface area (Å²) >= 11 is 6.22. The molecule has 0 amide bonds. The molecule has 0 bridgehead atoms. The summed E-state index contributed by atoms with van der Waals surface area (Å²) in [5, 5.41) is 10.5. The van der Waals surface area contributed by atoms with Gasteiger partial charge in [0.2, 0.25) is 0 Å². The second-order valence-electron chi connectivity index (χ2n) is 5.30. The molecule has 4 heteroatoms. The van der Waals surface area contributed by atoms with Crippen LogP contribution in [-0.4, -0.2) is 30.6 Å². The van der Waals surface area contributed by atoms with Crippen LogP contribution in [0.2, 0.25) is 5.02 Å². The fraction of sp³-hybridized carbons (Fsp3) is 0.500. The zero-order valence-electron chi connectivity index (χ0n) is 10.1. The Morgan fingerprint density at radius 3 is 2.83 bits per heavy atom. The summed E-state index contributed by atoms with van der Waals surface area (Å²) in [5.41, 5.74) is 1.58. The van der Waals surface area contributed by atoms with Crippen molar-refractivity contribution < 1.29 is 9.90 Å². The van der Waals surface area contributed by atoms with Gasteiger partial charge in [-0.3, -0.25) is 4.79 Å². The molecule has 1 heterocycles. The number of aliphatic hydroxyl groups excluding tert-OH is 1. The lowest BCUT2D eigenvalue weighted by atomic mass is 10.00. The molecule has 0 spiro atoms. The molecule has 2 fully saturated rings. The maximum Gasteiger partial charge on any atom is 0.150 e. The maximum absolute atomic E-state index is 10.7. The van der Waals surface area contributed by atoms with Crippen LogP contribution in [0.1, 0.15) is 23.2 Å². The molecule has 1 aliphatic heterocycles. The van der Waals surface area contributed by atoms with E-state index in [4.69, 9.17) is 11.6 Å². The minimum Gasteiger partial charge on any atom is -0.393 e. The third-order valence-corrected chi connectivity index (χ3v) is 4.57. The quantitative estimate of drug-likeness (QED) is 0.835. The summed E-state index contributed by atoms with van der Waals surface area (Å²) in [6.07, 6.45) is 2.68. The Kier molecular flexibility index (Phi) is 3.04. The first-order chi connectivity index (χ1) is 8.69. The molecule has 96 valence electrons. The molecule has 1 N–H and O–H groups in total. The predicted octanol–water partition coefficient (Wildman–Crippen LogP) is 2.36. The van der Waals surface area contributed by atoms with Crippen LogP contribution in [0.3, 0.4) is 0 Å². The van der Waals surface area contributed by atoms with Crippen molar-refractivity contribution in [2.75, 3.05) is 18.0 Å².